The van der Waals surface area contributed by atoms with Crippen molar-refractivity contribution in [2.45, 2.75) is 77.1 Å². The number of nitrogens with zero attached hydrogens (tertiary/aromatic N) is 2. The van der Waals surface area contributed by atoms with Gasteiger partial charge < -0.3 is 0 Å². The van der Waals surface area contributed by atoms with Crippen molar-refractivity contribution in [1.29, 1.82) is 10.5 Å². The minimum atomic E-state index is -4.64. The third-order valence-corrected chi connectivity index (χ3v) is 6.71. The summed E-state index contributed by atoms with van der Waals surface area (Å²) in [7, 11) is 0. The van der Waals surface area contributed by atoms with Gasteiger partial charge in [-0.3, -0.25) is 0 Å². The van der Waals surface area contributed by atoms with Gasteiger partial charge >= 0.3 is 12.4 Å². The standard InChI is InChI=1S/C30H28F6N2/c1-4-5-6-9-28(2,3)24-8-7-21-13-23(17-37)26(18-38)27(25(21)14-24)22-11-19(15-29(31,32)33)10-20(12-22)16-30(34,35)36/h7-8,10-14H,4-6,9,15-16H2,1-3H3. The molecule has 0 spiro atoms. The molecule has 0 radical (unpaired) electrons. The van der Waals surface area contributed by atoms with Crippen LogP contribution in [0, 0.1) is 22.7 Å². The maximum Gasteiger partial charge on any atom is 0.393 e. The molecule has 0 unspecified atom stereocenters. The second kappa shape index (κ2) is 11.1. The highest BCUT2D eigenvalue weighted by Gasteiger charge is 2.31. The molecule has 0 heterocycles. The average molecular weight is 531 g/mol. The highest BCUT2D eigenvalue weighted by molar-refractivity contribution is 6.01. The molecule has 3 aromatic rings. The first-order valence-corrected chi connectivity index (χ1v) is 12.4. The van der Waals surface area contributed by atoms with Crippen LogP contribution in [0.4, 0.5) is 26.3 Å². The SMILES string of the molecule is CCCCCC(C)(C)c1ccc2cc(C#N)c(C#N)c(-c3cc(CC(F)(F)F)cc(CC(F)(F)F)c3)c2c1. The lowest BCUT2D eigenvalue weighted by Crippen LogP contribution is -2.17. The molecule has 0 fully saturated rings. The van der Waals surface area contributed by atoms with Crippen LogP contribution < -0.4 is 0 Å². The minimum absolute atomic E-state index is 0.00329. The lowest BCUT2D eigenvalue weighted by atomic mass is 9.78. The number of fused-ring (bicyclic) bond motifs is 1. The molecule has 0 aromatic heterocycles. The van der Waals surface area contributed by atoms with Crippen LogP contribution in [-0.2, 0) is 18.3 Å². The zero-order chi connectivity index (χ0) is 28.3. The molecule has 3 rings (SSSR count). The van der Waals surface area contributed by atoms with Crippen molar-refractivity contribution in [2.75, 3.05) is 0 Å². The van der Waals surface area contributed by atoms with Crippen LogP contribution >= 0.6 is 0 Å². The van der Waals surface area contributed by atoms with Crippen LogP contribution in [0.1, 0.15) is 74.3 Å². The molecule has 0 aliphatic heterocycles. The monoisotopic (exact) mass is 530 g/mol. The number of hydrogen-bond donors (Lipinski definition) is 0. The molecule has 0 amide bonds. The third kappa shape index (κ3) is 7.07. The highest BCUT2D eigenvalue weighted by atomic mass is 19.4. The lowest BCUT2D eigenvalue weighted by molar-refractivity contribution is -0.127. The van der Waals surface area contributed by atoms with Gasteiger partial charge in [0.25, 0.3) is 0 Å². The Morgan fingerprint density at radius 1 is 0.763 bits per heavy atom. The van der Waals surface area contributed by atoms with Crippen molar-refractivity contribution in [1.82, 2.24) is 0 Å². The number of rotatable bonds is 8. The molecule has 0 aliphatic carbocycles. The average Bonchev–Trinajstić information content (AvgIpc) is 2.80. The molecule has 0 N–H and O–H groups in total. The third-order valence-electron chi connectivity index (χ3n) is 6.71. The van der Waals surface area contributed by atoms with Crippen molar-refractivity contribution in [2.24, 2.45) is 0 Å². The van der Waals surface area contributed by atoms with Gasteiger partial charge in [-0.05, 0) is 57.0 Å². The molecule has 0 bridgehead atoms. The largest absolute Gasteiger partial charge is 0.393 e. The van der Waals surface area contributed by atoms with Crippen LogP contribution in [0.2, 0.25) is 0 Å². The van der Waals surface area contributed by atoms with Crippen LogP contribution in [0.15, 0.2) is 42.5 Å². The van der Waals surface area contributed by atoms with Crippen LogP contribution in [0.5, 0.6) is 0 Å². The van der Waals surface area contributed by atoms with Crippen molar-refractivity contribution < 1.29 is 26.3 Å². The smallest absolute Gasteiger partial charge is 0.192 e. The Kier molecular flexibility index (Phi) is 8.46. The second-order valence-electron chi connectivity index (χ2n) is 10.3. The van der Waals surface area contributed by atoms with Crippen molar-refractivity contribution >= 4 is 10.8 Å². The lowest BCUT2D eigenvalue weighted by Gasteiger charge is -2.26. The Morgan fingerprint density at radius 2 is 1.37 bits per heavy atom. The van der Waals surface area contributed by atoms with E-state index >= 15 is 0 Å². The first-order valence-electron chi connectivity index (χ1n) is 12.4. The van der Waals surface area contributed by atoms with E-state index in [9.17, 15) is 36.9 Å². The highest BCUT2D eigenvalue weighted by Crippen LogP contribution is 2.40. The fraction of sp³-hybridized carbons (Fsp3) is 0.400. The molecule has 8 heteroatoms. The Morgan fingerprint density at radius 3 is 1.87 bits per heavy atom. The van der Waals surface area contributed by atoms with Gasteiger partial charge in [0.2, 0.25) is 0 Å². The molecule has 0 saturated carbocycles. The molecule has 2 nitrogen and oxygen atoms in total. The molecule has 0 saturated heterocycles. The van der Waals surface area contributed by atoms with Gasteiger partial charge in [-0.1, -0.05) is 70.4 Å². The molecule has 200 valence electrons. The number of nitriles is 2. The van der Waals surface area contributed by atoms with E-state index in [0.717, 1.165) is 37.3 Å². The molecule has 0 aliphatic rings. The predicted octanol–water partition coefficient (Wildman–Crippen LogP) is 9.32. The molecule has 38 heavy (non-hydrogen) atoms. The quantitative estimate of drug-likeness (QED) is 0.215. The Bertz CT molecular complexity index is 1370. The summed E-state index contributed by atoms with van der Waals surface area (Å²) < 4.78 is 79.5. The van der Waals surface area contributed by atoms with Gasteiger partial charge in [-0.2, -0.15) is 36.9 Å². The van der Waals surface area contributed by atoms with E-state index < -0.39 is 25.2 Å². The summed E-state index contributed by atoms with van der Waals surface area (Å²) in [4.78, 5) is 0. The summed E-state index contributed by atoms with van der Waals surface area (Å²) >= 11 is 0. The van der Waals surface area contributed by atoms with Crippen LogP contribution in [-0.4, -0.2) is 12.4 Å². The van der Waals surface area contributed by atoms with Gasteiger partial charge in [0, 0.05) is 5.56 Å². The summed E-state index contributed by atoms with van der Waals surface area (Å²) in [5.74, 6) is 0. The topological polar surface area (TPSA) is 47.6 Å². The molecular formula is C30H28F6N2. The maximum absolute atomic E-state index is 13.3. The van der Waals surface area contributed by atoms with Crippen molar-refractivity contribution in [3.8, 4) is 23.3 Å². The fourth-order valence-electron chi connectivity index (χ4n) is 4.86. The van der Waals surface area contributed by atoms with Crippen molar-refractivity contribution in [3.05, 3.63) is 70.3 Å². The number of benzene rings is 3. The van der Waals surface area contributed by atoms with Gasteiger partial charge in [0.1, 0.15) is 12.1 Å². The van der Waals surface area contributed by atoms with Crippen LogP contribution in [0.25, 0.3) is 21.9 Å². The summed E-state index contributed by atoms with van der Waals surface area (Å²) in [5, 5.41) is 20.7. The summed E-state index contributed by atoms with van der Waals surface area (Å²) in [6.07, 6.45) is -8.14. The van der Waals surface area contributed by atoms with Crippen LogP contribution in [0.3, 0.4) is 0 Å². The van der Waals surface area contributed by atoms with E-state index in [1.165, 1.54) is 18.2 Å². The number of alkyl halides is 6. The summed E-state index contributed by atoms with van der Waals surface area (Å²) in [6.45, 7) is 6.25. The Labute approximate surface area is 218 Å². The summed E-state index contributed by atoms with van der Waals surface area (Å²) in [6, 6.07) is 14.2. The Hall–Kier alpha value is -3.52. The van der Waals surface area contributed by atoms with E-state index in [1.54, 1.807) is 6.07 Å². The Balaban J connectivity index is 2.35. The van der Waals surface area contributed by atoms with Gasteiger partial charge in [-0.25, -0.2) is 0 Å². The zero-order valence-electron chi connectivity index (χ0n) is 21.4. The van der Waals surface area contributed by atoms with Gasteiger partial charge in [0.15, 0.2) is 0 Å². The number of unbranched alkanes of at least 4 members (excludes halogenated alkanes) is 2. The van der Waals surface area contributed by atoms with Crippen molar-refractivity contribution in [3.63, 3.8) is 0 Å². The van der Waals surface area contributed by atoms with Gasteiger partial charge in [-0.15, -0.1) is 0 Å². The molecular weight excluding hydrogens is 502 g/mol. The van der Waals surface area contributed by atoms with E-state index in [-0.39, 0.29) is 38.8 Å². The van der Waals surface area contributed by atoms with E-state index in [0.29, 0.717) is 10.8 Å². The van der Waals surface area contributed by atoms with Gasteiger partial charge in [0.05, 0.1) is 24.0 Å². The van der Waals surface area contributed by atoms with E-state index in [2.05, 4.69) is 20.8 Å². The van der Waals surface area contributed by atoms with E-state index in [4.69, 9.17) is 0 Å². The molecule has 0 atom stereocenters. The minimum Gasteiger partial charge on any atom is -0.192 e. The molecule has 3 aromatic carbocycles. The fourth-order valence-corrected chi connectivity index (χ4v) is 4.86. The number of hydrogen-bond acceptors (Lipinski definition) is 2. The second-order valence-corrected chi connectivity index (χ2v) is 10.3. The first kappa shape index (κ1) is 29.0. The first-order chi connectivity index (χ1) is 17.7. The normalized spacial score (nSPS) is 12.4. The maximum atomic E-state index is 13.3. The predicted molar refractivity (Wildman–Crippen MR) is 135 cm³/mol. The van der Waals surface area contributed by atoms with E-state index in [1.807, 2.05) is 24.3 Å². The summed E-state index contributed by atoms with van der Waals surface area (Å²) in [5.41, 5.74) is 0.116. The number of halogens is 6. The zero-order valence-corrected chi connectivity index (χ0v) is 21.4.